The standard InChI is InChI=1S/C17H22ClN5O/c1-10-6-13(18)12(8-14(10)19)15-9-24-5-3-4-23(15)16-7-11(2)21-17(20)22-16/h6-8,15H,3-5,9,19H2,1-2H3,(H2,20,21,22)/t15-/m0/s1. The Morgan fingerprint density at radius 2 is 2.00 bits per heavy atom. The summed E-state index contributed by atoms with van der Waals surface area (Å²) in [7, 11) is 0. The van der Waals surface area contributed by atoms with Gasteiger partial charge in [-0.05, 0) is 43.5 Å². The maximum Gasteiger partial charge on any atom is 0.222 e. The number of aryl methyl sites for hydroxylation is 2. The maximum absolute atomic E-state index is 6.51. The zero-order valence-corrected chi connectivity index (χ0v) is 14.7. The molecule has 24 heavy (non-hydrogen) atoms. The van der Waals surface area contributed by atoms with Gasteiger partial charge in [0.2, 0.25) is 5.95 Å². The van der Waals surface area contributed by atoms with Gasteiger partial charge in [0.1, 0.15) is 5.82 Å². The average Bonchev–Trinajstić information content (AvgIpc) is 2.75. The molecule has 0 saturated carbocycles. The van der Waals surface area contributed by atoms with E-state index in [1.54, 1.807) is 0 Å². The lowest BCUT2D eigenvalue weighted by Crippen LogP contribution is -2.32. The monoisotopic (exact) mass is 347 g/mol. The van der Waals surface area contributed by atoms with Crippen LogP contribution in [-0.2, 0) is 4.74 Å². The molecule has 1 saturated heterocycles. The van der Waals surface area contributed by atoms with E-state index >= 15 is 0 Å². The molecule has 0 spiro atoms. The molecular formula is C17H22ClN5O. The van der Waals surface area contributed by atoms with Gasteiger partial charge in [-0.1, -0.05) is 11.6 Å². The molecule has 1 fully saturated rings. The van der Waals surface area contributed by atoms with E-state index in [2.05, 4.69) is 14.9 Å². The van der Waals surface area contributed by atoms with E-state index in [0.29, 0.717) is 18.2 Å². The predicted octanol–water partition coefficient (Wildman–Crippen LogP) is 2.88. The first kappa shape index (κ1) is 16.8. The second-order valence-electron chi connectivity index (χ2n) is 6.09. The first-order valence-corrected chi connectivity index (χ1v) is 8.34. The Bertz CT molecular complexity index is 732. The Morgan fingerprint density at radius 1 is 1.21 bits per heavy atom. The van der Waals surface area contributed by atoms with E-state index in [9.17, 15) is 0 Å². The van der Waals surface area contributed by atoms with Crippen LogP contribution in [-0.4, -0.2) is 29.7 Å². The Labute approximate surface area is 146 Å². The van der Waals surface area contributed by atoms with Gasteiger partial charge < -0.3 is 21.1 Å². The Hall–Kier alpha value is -2.05. The molecule has 2 aromatic rings. The number of nitrogens with zero attached hydrogens (tertiary/aromatic N) is 3. The van der Waals surface area contributed by atoms with Gasteiger partial charge in [-0.2, -0.15) is 4.98 Å². The molecule has 3 rings (SSSR count). The molecule has 2 heterocycles. The summed E-state index contributed by atoms with van der Waals surface area (Å²) >= 11 is 6.51. The van der Waals surface area contributed by atoms with Gasteiger partial charge in [0, 0.05) is 35.6 Å². The summed E-state index contributed by atoms with van der Waals surface area (Å²) in [6.07, 6.45) is 0.901. The van der Waals surface area contributed by atoms with Crippen LogP contribution in [0.1, 0.15) is 29.3 Å². The normalized spacial score (nSPS) is 18.5. The maximum atomic E-state index is 6.51. The SMILES string of the molecule is Cc1cc(N2CCCOC[C@H]2c2cc(N)c(C)cc2Cl)nc(N)n1. The molecule has 6 nitrogen and oxygen atoms in total. The second kappa shape index (κ2) is 6.83. The summed E-state index contributed by atoms with van der Waals surface area (Å²) in [5.41, 5.74) is 15.4. The summed E-state index contributed by atoms with van der Waals surface area (Å²) in [6, 6.07) is 5.69. The van der Waals surface area contributed by atoms with Gasteiger partial charge in [-0.15, -0.1) is 0 Å². The van der Waals surface area contributed by atoms with Crippen LogP contribution in [0, 0.1) is 13.8 Å². The summed E-state index contributed by atoms with van der Waals surface area (Å²) in [4.78, 5) is 10.7. The minimum absolute atomic E-state index is 0.0726. The van der Waals surface area contributed by atoms with E-state index in [1.165, 1.54) is 0 Å². The van der Waals surface area contributed by atoms with Crippen LogP contribution in [0.2, 0.25) is 5.02 Å². The number of rotatable bonds is 2. The zero-order chi connectivity index (χ0) is 17.3. The lowest BCUT2D eigenvalue weighted by atomic mass is 10.0. The molecule has 0 aliphatic carbocycles. The average molecular weight is 348 g/mol. The third kappa shape index (κ3) is 3.39. The van der Waals surface area contributed by atoms with Gasteiger partial charge in [-0.25, -0.2) is 4.98 Å². The Balaban J connectivity index is 2.06. The minimum atomic E-state index is -0.0726. The molecule has 4 N–H and O–H groups in total. The van der Waals surface area contributed by atoms with E-state index < -0.39 is 0 Å². The highest BCUT2D eigenvalue weighted by Gasteiger charge is 2.27. The molecule has 1 aliphatic rings. The lowest BCUT2D eigenvalue weighted by molar-refractivity contribution is 0.134. The number of halogens is 1. The van der Waals surface area contributed by atoms with Crippen LogP contribution >= 0.6 is 11.6 Å². The minimum Gasteiger partial charge on any atom is -0.399 e. The molecule has 1 aromatic carbocycles. The van der Waals surface area contributed by atoms with Crippen LogP contribution < -0.4 is 16.4 Å². The second-order valence-corrected chi connectivity index (χ2v) is 6.50. The first-order valence-electron chi connectivity index (χ1n) is 7.97. The van der Waals surface area contributed by atoms with Gasteiger partial charge >= 0.3 is 0 Å². The van der Waals surface area contributed by atoms with Crippen LogP contribution in [0.15, 0.2) is 18.2 Å². The largest absolute Gasteiger partial charge is 0.399 e. The number of benzene rings is 1. The topological polar surface area (TPSA) is 90.3 Å². The van der Waals surface area contributed by atoms with Crippen molar-refractivity contribution in [2.24, 2.45) is 0 Å². The smallest absolute Gasteiger partial charge is 0.222 e. The highest BCUT2D eigenvalue weighted by Crippen LogP contribution is 2.35. The molecule has 0 bridgehead atoms. The predicted molar refractivity (Wildman–Crippen MR) is 97.3 cm³/mol. The summed E-state index contributed by atoms with van der Waals surface area (Å²) in [5, 5.41) is 0.681. The van der Waals surface area contributed by atoms with Crippen molar-refractivity contribution in [3.63, 3.8) is 0 Å². The molecule has 0 amide bonds. The van der Waals surface area contributed by atoms with E-state index in [0.717, 1.165) is 41.3 Å². The molecule has 7 heteroatoms. The van der Waals surface area contributed by atoms with Gasteiger partial charge in [0.15, 0.2) is 0 Å². The zero-order valence-electron chi connectivity index (χ0n) is 13.9. The fourth-order valence-electron chi connectivity index (χ4n) is 2.99. The van der Waals surface area contributed by atoms with E-state index in [4.69, 9.17) is 27.8 Å². The Kier molecular flexibility index (Phi) is 4.78. The number of aromatic nitrogens is 2. The van der Waals surface area contributed by atoms with Crippen LogP contribution in [0.3, 0.4) is 0 Å². The highest BCUT2D eigenvalue weighted by molar-refractivity contribution is 6.31. The number of nitrogens with two attached hydrogens (primary N) is 2. The van der Waals surface area contributed by atoms with Crippen LogP contribution in [0.5, 0.6) is 0 Å². The molecule has 1 aliphatic heterocycles. The summed E-state index contributed by atoms with van der Waals surface area (Å²) < 4.78 is 5.78. The third-order valence-electron chi connectivity index (χ3n) is 4.24. The van der Waals surface area contributed by atoms with E-state index in [-0.39, 0.29) is 12.0 Å². The number of ether oxygens (including phenoxy) is 1. The Morgan fingerprint density at radius 3 is 2.75 bits per heavy atom. The summed E-state index contributed by atoms with van der Waals surface area (Å²) in [5.74, 6) is 1.05. The first-order chi connectivity index (χ1) is 11.5. The summed E-state index contributed by atoms with van der Waals surface area (Å²) in [6.45, 7) is 5.86. The van der Waals surface area contributed by atoms with Crippen molar-refractivity contribution in [2.75, 3.05) is 36.1 Å². The van der Waals surface area contributed by atoms with Crippen molar-refractivity contribution >= 4 is 29.1 Å². The molecular weight excluding hydrogens is 326 g/mol. The molecule has 1 atom stereocenters. The third-order valence-corrected chi connectivity index (χ3v) is 4.56. The van der Waals surface area contributed by atoms with Crippen molar-refractivity contribution in [1.82, 2.24) is 9.97 Å². The quantitative estimate of drug-likeness (QED) is 0.812. The number of hydrogen-bond donors (Lipinski definition) is 2. The van der Waals surface area contributed by atoms with Gasteiger partial charge in [-0.3, -0.25) is 0 Å². The number of nitrogen functional groups attached to an aromatic ring is 2. The van der Waals surface area contributed by atoms with Crippen LogP contribution in [0.4, 0.5) is 17.5 Å². The number of anilines is 3. The fourth-order valence-corrected chi connectivity index (χ4v) is 3.34. The van der Waals surface area contributed by atoms with Gasteiger partial charge in [0.05, 0.1) is 12.6 Å². The molecule has 1 aromatic heterocycles. The molecule has 0 radical (unpaired) electrons. The van der Waals surface area contributed by atoms with E-state index in [1.807, 2.05) is 32.0 Å². The molecule has 128 valence electrons. The van der Waals surface area contributed by atoms with Crippen molar-refractivity contribution in [3.05, 3.63) is 40.0 Å². The van der Waals surface area contributed by atoms with Crippen LogP contribution in [0.25, 0.3) is 0 Å². The van der Waals surface area contributed by atoms with Crippen molar-refractivity contribution in [1.29, 1.82) is 0 Å². The molecule has 0 unspecified atom stereocenters. The lowest BCUT2D eigenvalue weighted by Gasteiger charge is -2.31. The van der Waals surface area contributed by atoms with Crippen molar-refractivity contribution in [2.45, 2.75) is 26.3 Å². The van der Waals surface area contributed by atoms with Crippen molar-refractivity contribution < 1.29 is 4.74 Å². The van der Waals surface area contributed by atoms with Gasteiger partial charge in [0.25, 0.3) is 0 Å². The number of hydrogen-bond acceptors (Lipinski definition) is 6. The fraction of sp³-hybridized carbons (Fsp3) is 0.412. The highest BCUT2D eigenvalue weighted by atomic mass is 35.5. The van der Waals surface area contributed by atoms with Crippen molar-refractivity contribution in [3.8, 4) is 0 Å².